The summed E-state index contributed by atoms with van der Waals surface area (Å²) in [4.78, 5) is 23.6. The number of hydrogen-bond acceptors (Lipinski definition) is 5. The van der Waals surface area contributed by atoms with E-state index in [-0.39, 0.29) is 5.91 Å². The number of carbonyl (C=O) groups excluding carboxylic acids is 1. The van der Waals surface area contributed by atoms with Gasteiger partial charge in [0.1, 0.15) is 0 Å². The summed E-state index contributed by atoms with van der Waals surface area (Å²) in [5.41, 5.74) is 3.09. The van der Waals surface area contributed by atoms with Crippen molar-refractivity contribution in [2.24, 2.45) is 0 Å². The lowest BCUT2D eigenvalue weighted by molar-refractivity contribution is -0.121. The third-order valence-corrected chi connectivity index (χ3v) is 5.62. The van der Waals surface area contributed by atoms with Crippen LogP contribution in [0, 0.1) is 13.8 Å². The number of rotatable bonds is 8. The first-order chi connectivity index (χ1) is 12.0. The standard InChI is InChI=1S/C19H32N4OS/c1-14-8-5-6-12-23(14)13-7-11-20-18(24)10-9-17-15(2)21-19(25-4)22-16(17)3/h14H,5-13H2,1-4H3,(H,20,24). The summed E-state index contributed by atoms with van der Waals surface area (Å²) in [7, 11) is 0. The SMILES string of the molecule is CSc1nc(C)c(CCC(=O)NCCCN2CCCCC2C)c(C)n1. The van der Waals surface area contributed by atoms with Gasteiger partial charge in [-0.25, -0.2) is 9.97 Å². The van der Waals surface area contributed by atoms with E-state index in [0.717, 1.165) is 41.6 Å². The summed E-state index contributed by atoms with van der Waals surface area (Å²) in [5, 5.41) is 3.86. The van der Waals surface area contributed by atoms with Crippen LogP contribution in [-0.4, -0.2) is 52.7 Å². The molecule has 0 bridgehead atoms. The van der Waals surface area contributed by atoms with Gasteiger partial charge >= 0.3 is 0 Å². The molecule has 1 atom stereocenters. The highest BCUT2D eigenvalue weighted by Crippen LogP contribution is 2.17. The van der Waals surface area contributed by atoms with Gasteiger partial charge in [-0.15, -0.1) is 0 Å². The van der Waals surface area contributed by atoms with Crippen LogP contribution in [0.1, 0.15) is 56.0 Å². The summed E-state index contributed by atoms with van der Waals surface area (Å²) >= 11 is 1.55. The van der Waals surface area contributed by atoms with Gasteiger partial charge in [0, 0.05) is 36.9 Å². The van der Waals surface area contributed by atoms with Gasteiger partial charge in [-0.3, -0.25) is 4.79 Å². The van der Waals surface area contributed by atoms with E-state index in [0.29, 0.717) is 18.9 Å². The lowest BCUT2D eigenvalue weighted by Crippen LogP contribution is -2.39. The van der Waals surface area contributed by atoms with Crippen LogP contribution in [0.2, 0.25) is 0 Å². The molecule has 0 spiro atoms. The summed E-state index contributed by atoms with van der Waals surface area (Å²) in [6, 6.07) is 0.694. The lowest BCUT2D eigenvalue weighted by Gasteiger charge is -2.33. The minimum atomic E-state index is 0.124. The van der Waals surface area contributed by atoms with Crippen molar-refractivity contribution in [2.45, 2.75) is 70.5 Å². The quantitative estimate of drug-likeness (QED) is 0.436. The third-order valence-electron chi connectivity index (χ3n) is 5.07. The van der Waals surface area contributed by atoms with Gasteiger partial charge in [0.2, 0.25) is 5.91 Å². The first kappa shape index (κ1) is 20.2. The van der Waals surface area contributed by atoms with Crippen molar-refractivity contribution in [1.29, 1.82) is 0 Å². The fraction of sp³-hybridized carbons (Fsp3) is 0.737. The van der Waals surface area contributed by atoms with Crippen molar-refractivity contribution in [2.75, 3.05) is 25.9 Å². The summed E-state index contributed by atoms with van der Waals surface area (Å²) in [6.45, 7) is 9.38. The zero-order valence-corrected chi connectivity index (χ0v) is 16.9. The molecule has 1 aliphatic heterocycles. The highest BCUT2D eigenvalue weighted by atomic mass is 32.2. The second-order valence-electron chi connectivity index (χ2n) is 6.94. The average Bonchev–Trinajstić information content (AvgIpc) is 2.59. The number of piperidine rings is 1. The molecule has 1 fully saturated rings. The Morgan fingerprint density at radius 1 is 1.28 bits per heavy atom. The molecular weight excluding hydrogens is 332 g/mol. The Kier molecular flexibility index (Phi) is 8.16. The zero-order valence-electron chi connectivity index (χ0n) is 16.1. The minimum absolute atomic E-state index is 0.124. The molecule has 6 heteroatoms. The van der Waals surface area contributed by atoms with Crippen LogP contribution in [-0.2, 0) is 11.2 Å². The topological polar surface area (TPSA) is 58.1 Å². The van der Waals surface area contributed by atoms with E-state index in [9.17, 15) is 4.79 Å². The maximum absolute atomic E-state index is 12.1. The molecule has 1 saturated heterocycles. The normalized spacial score (nSPS) is 18.3. The number of carbonyl (C=O) groups is 1. The molecule has 1 N–H and O–H groups in total. The second kappa shape index (κ2) is 10.1. The smallest absolute Gasteiger partial charge is 0.220 e. The first-order valence-corrected chi connectivity index (χ1v) is 10.6. The average molecular weight is 365 g/mol. The molecule has 25 heavy (non-hydrogen) atoms. The van der Waals surface area contributed by atoms with E-state index in [4.69, 9.17) is 0 Å². The molecule has 5 nitrogen and oxygen atoms in total. The van der Waals surface area contributed by atoms with E-state index < -0.39 is 0 Å². The Morgan fingerprint density at radius 2 is 2.00 bits per heavy atom. The van der Waals surface area contributed by atoms with Crippen molar-refractivity contribution < 1.29 is 4.79 Å². The third kappa shape index (κ3) is 6.26. The number of likely N-dealkylation sites (tertiary alicyclic amines) is 1. The van der Waals surface area contributed by atoms with Crippen LogP contribution in [0.3, 0.4) is 0 Å². The molecule has 0 aliphatic carbocycles. The maximum atomic E-state index is 12.1. The number of nitrogens with one attached hydrogen (secondary N) is 1. The van der Waals surface area contributed by atoms with Gasteiger partial charge in [0.25, 0.3) is 0 Å². The van der Waals surface area contributed by atoms with E-state index in [2.05, 4.69) is 27.1 Å². The van der Waals surface area contributed by atoms with Crippen molar-refractivity contribution in [1.82, 2.24) is 20.2 Å². The van der Waals surface area contributed by atoms with Gasteiger partial charge in [0.05, 0.1) is 0 Å². The number of hydrogen-bond donors (Lipinski definition) is 1. The van der Waals surface area contributed by atoms with Crippen LogP contribution in [0.25, 0.3) is 0 Å². The summed E-state index contributed by atoms with van der Waals surface area (Å²) in [6.07, 6.45) is 8.20. The summed E-state index contributed by atoms with van der Waals surface area (Å²) in [5.74, 6) is 0.124. The second-order valence-corrected chi connectivity index (χ2v) is 7.72. The largest absolute Gasteiger partial charge is 0.356 e. The fourth-order valence-electron chi connectivity index (χ4n) is 3.49. The molecule has 0 saturated carbocycles. The first-order valence-electron chi connectivity index (χ1n) is 9.40. The molecule has 140 valence electrons. The van der Waals surface area contributed by atoms with Crippen LogP contribution in [0.4, 0.5) is 0 Å². The molecule has 1 aromatic heterocycles. The van der Waals surface area contributed by atoms with Crippen LogP contribution >= 0.6 is 11.8 Å². The Hall–Kier alpha value is -1.14. The highest BCUT2D eigenvalue weighted by molar-refractivity contribution is 7.98. The maximum Gasteiger partial charge on any atom is 0.220 e. The molecular formula is C19H32N4OS. The van der Waals surface area contributed by atoms with E-state index >= 15 is 0 Å². The number of aromatic nitrogens is 2. The number of thioether (sulfide) groups is 1. The van der Waals surface area contributed by atoms with Crippen LogP contribution in [0.5, 0.6) is 0 Å². The number of nitrogens with zero attached hydrogens (tertiary/aromatic N) is 3. The van der Waals surface area contributed by atoms with Crippen LogP contribution in [0.15, 0.2) is 5.16 Å². The molecule has 1 amide bonds. The molecule has 1 aliphatic rings. The Balaban J connectivity index is 1.69. The minimum Gasteiger partial charge on any atom is -0.356 e. The monoisotopic (exact) mass is 364 g/mol. The predicted molar refractivity (Wildman–Crippen MR) is 104 cm³/mol. The Labute approximate surface area is 156 Å². The Bertz CT molecular complexity index is 556. The van der Waals surface area contributed by atoms with E-state index in [1.165, 1.54) is 25.8 Å². The molecule has 0 radical (unpaired) electrons. The molecule has 1 unspecified atom stereocenters. The number of aryl methyl sites for hydroxylation is 2. The van der Waals surface area contributed by atoms with Crippen molar-refractivity contribution >= 4 is 17.7 Å². The van der Waals surface area contributed by atoms with Gasteiger partial charge < -0.3 is 10.2 Å². The van der Waals surface area contributed by atoms with Gasteiger partial charge in [-0.05, 0) is 64.8 Å². The van der Waals surface area contributed by atoms with Crippen molar-refractivity contribution in [3.63, 3.8) is 0 Å². The summed E-state index contributed by atoms with van der Waals surface area (Å²) < 4.78 is 0. The lowest BCUT2D eigenvalue weighted by atomic mass is 10.0. The van der Waals surface area contributed by atoms with Crippen molar-refractivity contribution in [3.05, 3.63) is 17.0 Å². The number of amides is 1. The van der Waals surface area contributed by atoms with E-state index in [1.807, 2.05) is 20.1 Å². The fourth-order valence-corrected chi connectivity index (χ4v) is 3.94. The molecule has 2 heterocycles. The molecule has 1 aromatic rings. The predicted octanol–water partition coefficient (Wildman–Crippen LogP) is 3.13. The molecule has 0 aromatic carbocycles. The van der Waals surface area contributed by atoms with E-state index in [1.54, 1.807) is 11.8 Å². The van der Waals surface area contributed by atoms with Gasteiger partial charge in [-0.2, -0.15) is 0 Å². The van der Waals surface area contributed by atoms with Gasteiger partial charge in [-0.1, -0.05) is 18.2 Å². The van der Waals surface area contributed by atoms with Gasteiger partial charge in [0.15, 0.2) is 5.16 Å². The highest BCUT2D eigenvalue weighted by Gasteiger charge is 2.17. The van der Waals surface area contributed by atoms with Crippen LogP contribution < -0.4 is 5.32 Å². The Morgan fingerprint density at radius 3 is 2.64 bits per heavy atom. The van der Waals surface area contributed by atoms with Crippen molar-refractivity contribution in [3.8, 4) is 0 Å². The zero-order chi connectivity index (χ0) is 18.2. The molecule has 2 rings (SSSR count).